The predicted molar refractivity (Wildman–Crippen MR) is 87.3 cm³/mol. The molecule has 2 atom stereocenters. The number of likely N-dealkylation sites (tertiary alicyclic amines) is 1. The number of amides is 1. The van der Waals surface area contributed by atoms with Crippen LogP contribution in [0.2, 0.25) is 0 Å². The van der Waals surface area contributed by atoms with E-state index in [0.29, 0.717) is 17.6 Å². The van der Waals surface area contributed by atoms with Gasteiger partial charge in [-0.2, -0.15) is 0 Å². The second-order valence-electron chi connectivity index (χ2n) is 5.97. The first-order chi connectivity index (χ1) is 9.93. The Labute approximate surface area is 137 Å². The van der Waals surface area contributed by atoms with E-state index in [1.54, 1.807) is 12.1 Å². The highest BCUT2D eigenvalue weighted by molar-refractivity contribution is 7.90. The average molecular weight is 345 g/mol. The van der Waals surface area contributed by atoms with Gasteiger partial charge in [-0.1, -0.05) is 0 Å². The lowest BCUT2D eigenvalue weighted by Gasteiger charge is -2.24. The molecule has 3 rings (SSSR count). The summed E-state index contributed by atoms with van der Waals surface area (Å²) in [5, 5.41) is 3.54. The molecule has 0 aliphatic carbocycles. The van der Waals surface area contributed by atoms with Gasteiger partial charge in [-0.3, -0.25) is 4.79 Å². The molecule has 0 saturated carbocycles. The molecule has 2 unspecified atom stereocenters. The van der Waals surface area contributed by atoms with Gasteiger partial charge < -0.3 is 10.2 Å². The molecule has 1 amide bonds. The summed E-state index contributed by atoms with van der Waals surface area (Å²) in [4.78, 5) is 14.7. The molecule has 0 spiro atoms. The Hall–Kier alpha value is -1.11. The van der Waals surface area contributed by atoms with Crippen LogP contribution in [-0.4, -0.2) is 50.7 Å². The van der Waals surface area contributed by atoms with Gasteiger partial charge in [-0.05, 0) is 43.5 Å². The van der Waals surface area contributed by atoms with Crippen molar-refractivity contribution >= 4 is 28.2 Å². The molecule has 2 saturated heterocycles. The summed E-state index contributed by atoms with van der Waals surface area (Å²) < 4.78 is 22.9. The Bertz CT molecular complexity index is 645. The van der Waals surface area contributed by atoms with Crippen LogP contribution in [0, 0.1) is 0 Å². The Balaban J connectivity index is 0.00000176. The fraction of sp³-hybridized carbons (Fsp3) is 0.533. The maximum Gasteiger partial charge on any atom is 0.253 e. The van der Waals surface area contributed by atoms with Crippen molar-refractivity contribution in [3.8, 4) is 0 Å². The van der Waals surface area contributed by atoms with Crippen molar-refractivity contribution in [1.29, 1.82) is 0 Å². The molecule has 1 aromatic carbocycles. The third kappa shape index (κ3) is 3.62. The Morgan fingerprint density at radius 3 is 2.41 bits per heavy atom. The van der Waals surface area contributed by atoms with Crippen molar-refractivity contribution in [3.05, 3.63) is 29.8 Å². The first kappa shape index (κ1) is 17.2. The zero-order valence-corrected chi connectivity index (χ0v) is 14.1. The number of hydrogen-bond acceptors (Lipinski definition) is 4. The van der Waals surface area contributed by atoms with E-state index >= 15 is 0 Å². The van der Waals surface area contributed by atoms with E-state index in [9.17, 15) is 13.2 Å². The highest BCUT2D eigenvalue weighted by atomic mass is 35.5. The molecular weight excluding hydrogens is 324 g/mol. The maximum atomic E-state index is 12.5. The highest BCUT2D eigenvalue weighted by Gasteiger charge is 2.31. The van der Waals surface area contributed by atoms with E-state index in [1.165, 1.54) is 24.8 Å². The molecule has 1 aromatic rings. The Morgan fingerprint density at radius 2 is 1.77 bits per heavy atom. The number of benzene rings is 1. The first-order valence-corrected chi connectivity index (χ1v) is 9.18. The van der Waals surface area contributed by atoms with E-state index in [1.807, 2.05) is 4.90 Å². The van der Waals surface area contributed by atoms with Crippen molar-refractivity contribution in [2.45, 2.75) is 36.2 Å². The lowest BCUT2D eigenvalue weighted by molar-refractivity contribution is 0.0748. The van der Waals surface area contributed by atoms with Gasteiger partial charge in [0.1, 0.15) is 0 Å². The van der Waals surface area contributed by atoms with Gasteiger partial charge in [0, 0.05) is 37.0 Å². The van der Waals surface area contributed by atoms with Crippen LogP contribution in [0.25, 0.3) is 0 Å². The van der Waals surface area contributed by atoms with Crippen LogP contribution in [0.1, 0.15) is 29.6 Å². The summed E-state index contributed by atoms with van der Waals surface area (Å²) in [5.74, 6) is -0.00981. The van der Waals surface area contributed by atoms with Gasteiger partial charge in [0.05, 0.1) is 4.90 Å². The standard InChI is InChI=1S/C15H20N2O3S.ClH/c1-21(19,20)14-6-2-11(3-7-14)15(18)17-9-8-12-4-5-13(10-17)16-12;/h2-3,6-7,12-13,16H,4-5,8-10H2,1H3;1H. The third-order valence-corrected chi connectivity index (χ3v) is 5.47. The SMILES string of the molecule is CS(=O)(=O)c1ccc(C(=O)N2CCC3CCC(C2)N3)cc1.Cl. The highest BCUT2D eigenvalue weighted by Crippen LogP contribution is 2.22. The van der Waals surface area contributed by atoms with Gasteiger partial charge in [-0.25, -0.2) is 8.42 Å². The lowest BCUT2D eigenvalue weighted by atomic mass is 10.1. The van der Waals surface area contributed by atoms with Gasteiger partial charge >= 0.3 is 0 Å². The number of halogens is 1. The van der Waals surface area contributed by atoms with Crippen molar-refractivity contribution in [3.63, 3.8) is 0 Å². The van der Waals surface area contributed by atoms with Crippen molar-refractivity contribution in [2.75, 3.05) is 19.3 Å². The Kier molecular flexibility index (Phi) is 5.14. The molecule has 1 N–H and O–H groups in total. The quantitative estimate of drug-likeness (QED) is 0.882. The van der Waals surface area contributed by atoms with Crippen LogP contribution in [0.5, 0.6) is 0 Å². The molecular formula is C15H21ClN2O3S. The Morgan fingerprint density at radius 1 is 1.14 bits per heavy atom. The summed E-state index contributed by atoms with van der Waals surface area (Å²) in [6.45, 7) is 1.50. The minimum atomic E-state index is -3.22. The van der Waals surface area contributed by atoms with Gasteiger partial charge in [0.25, 0.3) is 5.91 Å². The third-order valence-electron chi connectivity index (χ3n) is 4.34. The number of carbonyl (C=O) groups excluding carboxylic acids is 1. The normalized spacial score (nSPS) is 24.5. The van der Waals surface area contributed by atoms with Crippen LogP contribution < -0.4 is 5.32 Å². The summed E-state index contributed by atoms with van der Waals surface area (Å²) in [6, 6.07) is 7.16. The molecule has 0 aromatic heterocycles. The van der Waals surface area contributed by atoms with Crippen LogP contribution >= 0.6 is 12.4 Å². The molecule has 122 valence electrons. The van der Waals surface area contributed by atoms with Crippen molar-refractivity contribution in [1.82, 2.24) is 10.2 Å². The number of nitrogens with zero attached hydrogens (tertiary/aromatic N) is 1. The summed E-state index contributed by atoms with van der Waals surface area (Å²) in [7, 11) is -3.22. The van der Waals surface area contributed by atoms with Crippen molar-refractivity contribution in [2.24, 2.45) is 0 Å². The summed E-state index contributed by atoms with van der Waals surface area (Å²) in [6.07, 6.45) is 4.49. The van der Waals surface area contributed by atoms with Crippen molar-refractivity contribution < 1.29 is 13.2 Å². The summed E-state index contributed by atoms with van der Waals surface area (Å²) >= 11 is 0. The van der Waals surface area contributed by atoms with E-state index in [2.05, 4.69) is 5.32 Å². The van der Waals surface area contributed by atoms with Gasteiger partial charge in [-0.15, -0.1) is 12.4 Å². The lowest BCUT2D eigenvalue weighted by Crippen LogP contribution is -2.39. The number of carbonyl (C=O) groups is 1. The molecule has 2 aliphatic heterocycles. The number of rotatable bonds is 2. The largest absolute Gasteiger partial charge is 0.337 e. The molecule has 2 heterocycles. The van der Waals surface area contributed by atoms with Crippen LogP contribution in [-0.2, 0) is 9.84 Å². The van der Waals surface area contributed by atoms with E-state index < -0.39 is 9.84 Å². The molecule has 2 fully saturated rings. The summed E-state index contributed by atoms with van der Waals surface area (Å²) in [5.41, 5.74) is 0.556. The minimum absolute atomic E-state index is 0. The molecule has 7 heteroatoms. The monoisotopic (exact) mass is 344 g/mol. The second kappa shape index (κ2) is 6.56. The maximum absolute atomic E-state index is 12.5. The second-order valence-corrected chi connectivity index (χ2v) is 7.99. The zero-order chi connectivity index (χ0) is 15.0. The van der Waals surface area contributed by atoms with E-state index in [0.717, 1.165) is 25.9 Å². The number of nitrogens with one attached hydrogen (secondary N) is 1. The number of hydrogen-bond donors (Lipinski definition) is 1. The van der Waals surface area contributed by atoms with Gasteiger partial charge in [0.15, 0.2) is 9.84 Å². The number of sulfone groups is 1. The fourth-order valence-corrected chi connectivity index (χ4v) is 3.79. The molecule has 2 bridgehead atoms. The molecule has 0 radical (unpaired) electrons. The minimum Gasteiger partial charge on any atom is -0.337 e. The molecule has 2 aliphatic rings. The number of fused-ring (bicyclic) bond motifs is 2. The fourth-order valence-electron chi connectivity index (χ4n) is 3.15. The van der Waals surface area contributed by atoms with Gasteiger partial charge in [0.2, 0.25) is 0 Å². The molecule has 5 nitrogen and oxygen atoms in total. The van der Waals surface area contributed by atoms with E-state index in [4.69, 9.17) is 0 Å². The zero-order valence-electron chi connectivity index (χ0n) is 12.5. The predicted octanol–water partition coefficient (Wildman–Crippen LogP) is 1.48. The smallest absolute Gasteiger partial charge is 0.253 e. The average Bonchev–Trinajstić information content (AvgIpc) is 2.77. The first-order valence-electron chi connectivity index (χ1n) is 7.29. The van der Waals surface area contributed by atoms with E-state index in [-0.39, 0.29) is 23.2 Å². The van der Waals surface area contributed by atoms with Crippen LogP contribution in [0.15, 0.2) is 29.2 Å². The van der Waals surface area contributed by atoms with Crippen LogP contribution in [0.3, 0.4) is 0 Å². The molecule has 22 heavy (non-hydrogen) atoms. The topological polar surface area (TPSA) is 66.5 Å². The van der Waals surface area contributed by atoms with Crippen LogP contribution in [0.4, 0.5) is 0 Å².